The molecule has 1 aliphatic heterocycles. The molecule has 1 saturated carbocycles. The molecule has 1 saturated heterocycles. The van der Waals surface area contributed by atoms with E-state index >= 15 is 0 Å². The third-order valence-electron chi connectivity index (χ3n) is 3.60. The summed E-state index contributed by atoms with van der Waals surface area (Å²) in [4.78, 5) is 7.07. The van der Waals surface area contributed by atoms with Gasteiger partial charge in [0, 0.05) is 31.4 Å². The van der Waals surface area contributed by atoms with Gasteiger partial charge in [-0.3, -0.25) is 0 Å². The molecule has 0 unspecified atom stereocenters. The number of rotatable bonds is 2. The smallest absolute Gasteiger partial charge is 0.205 e. The third-order valence-corrected chi connectivity index (χ3v) is 3.60. The number of imidazole rings is 1. The van der Waals surface area contributed by atoms with Crippen LogP contribution in [0.2, 0.25) is 0 Å². The highest BCUT2D eigenvalue weighted by Crippen LogP contribution is 2.38. The van der Waals surface area contributed by atoms with E-state index in [0.29, 0.717) is 12.1 Å². The maximum atomic E-state index is 5.94. The highest BCUT2D eigenvalue weighted by molar-refractivity contribution is 5.35. The Hall–Kier alpha value is -1.03. The van der Waals surface area contributed by atoms with Crippen LogP contribution < -0.4 is 10.6 Å². The maximum Gasteiger partial charge on any atom is 0.205 e. The Kier molecular flexibility index (Phi) is 2.39. The number of aryl methyl sites for hydroxylation is 1. The van der Waals surface area contributed by atoms with Gasteiger partial charge in [0.2, 0.25) is 5.95 Å². The monoisotopic (exact) mass is 220 g/mol. The summed E-state index contributed by atoms with van der Waals surface area (Å²) in [6.45, 7) is 4.20. The van der Waals surface area contributed by atoms with Crippen LogP contribution in [0.5, 0.6) is 0 Å². The standard InChI is InChI=1S/C12H20N4/c1-9-8-16(11-2-3-11)12(14-9)15-6-4-10(13)5-7-15/h8,10-11H,2-7,13H2,1H3. The van der Waals surface area contributed by atoms with Gasteiger partial charge in [-0.25, -0.2) is 4.98 Å². The van der Waals surface area contributed by atoms with E-state index in [1.54, 1.807) is 0 Å². The average Bonchev–Trinajstić information content (AvgIpc) is 3.04. The fourth-order valence-corrected chi connectivity index (χ4v) is 2.46. The number of nitrogens with two attached hydrogens (primary N) is 1. The van der Waals surface area contributed by atoms with Crippen molar-refractivity contribution in [3.8, 4) is 0 Å². The highest BCUT2D eigenvalue weighted by atomic mass is 15.3. The summed E-state index contributed by atoms with van der Waals surface area (Å²) in [6, 6.07) is 1.11. The second-order valence-electron chi connectivity index (χ2n) is 5.15. The molecule has 2 aliphatic rings. The Morgan fingerprint density at radius 2 is 1.94 bits per heavy atom. The minimum absolute atomic E-state index is 0.390. The van der Waals surface area contributed by atoms with Crippen molar-refractivity contribution in [2.45, 2.75) is 44.7 Å². The summed E-state index contributed by atoms with van der Waals surface area (Å²) in [5, 5.41) is 0. The Balaban J connectivity index is 1.82. The fraction of sp³-hybridized carbons (Fsp3) is 0.750. The number of piperidine rings is 1. The second kappa shape index (κ2) is 3.77. The number of aromatic nitrogens is 2. The molecule has 2 heterocycles. The predicted molar refractivity (Wildman–Crippen MR) is 64.7 cm³/mol. The van der Waals surface area contributed by atoms with Gasteiger partial charge in [0.05, 0.1) is 5.69 Å². The van der Waals surface area contributed by atoms with Crippen LogP contribution in [0.4, 0.5) is 5.95 Å². The summed E-state index contributed by atoms with van der Waals surface area (Å²) in [7, 11) is 0. The molecule has 0 atom stereocenters. The van der Waals surface area contributed by atoms with E-state index in [1.807, 2.05) is 0 Å². The van der Waals surface area contributed by atoms with Crippen molar-refractivity contribution in [3.63, 3.8) is 0 Å². The first-order valence-corrected chi connectivity index (χ1v) is 6.30. The molecule has 16 heavy (non-hydrogen) atoms. The summed E-state index contributed by atoms with van der Waals surface area (Å²) >= 11 is 0. The van der Waals surface area contributed by atoms with Crippen LogP contribution in [-0.2, 0) is 0 Å². The molecule has 0 amide bonds. The van der Waals surface area contributed by atoms with Crippen LogP contribution in [-0.4, -0.2) is 28.7 Å². The fourth-order valence-electron chi connectivity index (χ4n) is 2.46. The summed E-state index contributed by atoms with van der Waals surface area (Å²) in [5.74, 6) is 1.17. The molecule has 1 aliphatic carbocycles. The predicted octanol–water partition coefficient (Wildman–Crippen LogP) is 1.45. The van der Waals surface area contributed by atoms with Crippen molar-refractivity contribution in [1.29, 1.82) is 0 Å². The molecule has 3 rings (SSSR count). The van der Waals surface area contributed by atoms with Gasteiger partial charge in [0.15, 0.2) is 0 Å². The molecule has 4 nitrogen and oxygen atoms in total. The molecular formula is C12H20N4. The molecule has 88 valence electrons. The van der Waals surface area contributed by atoms with Gasteiger partial charge in [-0.05, 0) is 32.6 Å². The van der Waals surface area contributed by atoms with Crippen LogP contribution in [0.1, 0.15) is 37.4 Å². The molecule has 1 aromatic rings. The Morgan fingerprint density at radius 3 is 2.56 bits per heavy atom. The van der Waals surface area contributed by atoms with Gasteiger partial charge < -0.3 is 15.2 Å². The summed E-state index contributed by atoms with van der Waals surface area (Å²) in [6.07, 6.45) is 7.01. The van der Waals surface area contributed by atoms with Crippen LogP contribution in [0, 0.1) is 6.92 Å². The molecule has 0 bridgehead atoms. The van der Waals surface area contributed by atoms with Crippen molar-refractivity contribution in [2.24, 2.45) is 5.73 Å². The van der Waals surface area contributed by atoms with Crippen LogP contribution >= 0.6 is 0 Å². The zero-order chi connectivity index (χ0) is 11.1. The van der Waals surface area contributed by atoms with Gasteiger partial charge in [-0.1, -0.05) is 0 Å². The number of anilines is 1. The molecule has 4 heteroatoms. The van der Waals surface area contributed by atoms with E-state index in [4.69, 9.17) is 5.73 Å². The molecule has 0 radical (unpaired) electrons. The Morgan fingerprint density at radius 1 is 1.25 bits per heavy atom. The van der Waals surface area contributed by atoms with E-state index in [2.05, 4.69) is 27.6 Å². The first-order chi connectivity index (χ1) is 7.74. The zero-order valence-electron chi connectivity index (χ0n) is 9.89. The second-order valence-corrected chi connectivity index (χ2v) is 5.15. The first kappa shape index (κ1) is 10.1. The summed E-state index contributed by atoms with van der Waals surface area (Å²) < 4.78 is 2.37. The number of hydrogen-bond donors (Lipinski definition) is 1. The van der Waals surface area contributed by atoms with Crippen molar-refractivity contribution in [3.05, 3.63) is 11.9 Å². The topological polar surface area (TPSA) is 47.1 Å². The van der Waals surface area contributed by atoms with E-state index in [-0.39, 0.29) is 0 Å². The highest BCUT2D eigenvalue weighted by Gasteiger charge is 2.29. The SMILES string of the molecule is Cc1cn(C2CC2)c(N2CCC(N)CC2)n1. The van der Waals surface area contributed by atoms with E-state index in [9.17, 15) is 0 Å². The van der Waals surface area contributed by atoms with E-state index in [0.717, 1.165) is 31.6 Å². The molecule has 1 aromatic heterocycles. The largest absolute Gasteiger partial charge is 0.342 e. The lowest BCUT2D eigenvalue weighted by Gasteiger charge is -2.31. The van der Waals surface area contributed by atoms with Crippen molar-refractivity contribution < 1.29 is 0 Å². The molecule has 0 spiro atoms. The van der Waals surface area contributed by atoms with E-state index < -0.39 is 0 Å². The minimum atomic E-state index is 0.390. The average molecular weight is 220 g/mol. The Labute approximate surface area is 96.4 Å². The van der Waals surface area contributed by atoms with Gasteiger partial charge in [0.1, 0.15) is 0 Å². The lowest BCUT2D eigenvalue weighted by molar-refractivity contribution is 0.489. The number of nitrogens with zero attached hydrogens (tertiary/aromatic N) is 3. The molecule has 2 N–H and O–H groups in total. The summed E-state index contributed by atoms with van der Waals surface area (Å²) in [5.41, 5.74) is 7.07. The Bertz CT molecular complexity index is 372. The van der Waals surface area contributed by atoms with Crippen LogP contribution in [0.3, 0.4) is 0 Å². The van der Waals surface area contributed by atoms with Gasteiger partial charge in [-0.2, -0.15) is 0 Å². The quantitative estimate of drug-likeness (QED) is 0.820. The van der Waals surface area contributed by atoms with Crippen LogP contribution in [0.15, 0.2) is 6.20 Å². The molecule has 0 aromatic carbocycles. The molecular weight excluding hydrogens is 200 g/mol. The van der Waals surface area contributed by atoms with Crippen molar-refractivity contribution >= 4 is 5.95 Å². The van der Waals surface area contributed by atoms with Gasteiger partial charge in [-0.15, -0.1) is 0 Å². The van der Waals surface area contributed by atoms with Crippen molar-refractivity contribution in [2.75, 3.05) is 18.0 Å². The maximum absolute atomic E-state index is 5.94. The zero-order valence-corrected chi connectivity index (χ0v) is 9.89. The van der Waals surface area contributed by atoms with Crippen LogP contribution in [0.25, 0.3) is 0 Å². The molecule has 2 fully saturated rings. The lowest BCUT2D eigenvalue weighted by atomic mass is 10.1. The normalized spacial score (nSPS) is 22.8. The lowest BCUT2D eigenvalue weighted by Crippen LogP contribution is -2.40. The van der Waals surface area contributed by atoms with Crippen molar-refractivity contribution in [1.82, 2.24) is 9.55 Å². The first-order valence-electron chi connectivity index (χ1n) is 6.30. The minimum Gasteiger partial charge on any atom is -0.342 e. The van der Waals surface area contributed by atoms with Gasteiger partial charge in [0.25, 0.3) is 0 Å². The van der Waals surface area contributed by atoms with Gasteiger partial charge >= 0.3 is 0 Å². The number of hydrogen-bond acceptors (Lipinski definition) is 3. The third kappa shape index (κ3) is 1.82. The van der Waals surface area contributed by atoms with E-state index in [1.165, 1.54) is 18.8 Å².